The van der Waals surface area contributed by atoms with Crippen LogP contribution < -0.4 is 5.32 Å². The van der Waals surface area contributed by atoms with Crippen LogP contribution in [0.1, 0.15) is 13.8 Å². The molecule has 7 nitrogen and oxygen atoms in total. The Morgan fingerprint density at radius 1 is 1.04 bits per heavy atom. The maximum Gasteiger partial charge on any atom is 0.219 e. The summed E-state index contributed by atoms with van der Waals surface area (Å²) in [6.07, 6.45) is 0. The average Bonchev–Trinajstić information content (AvgIpc) is 2.60. The maximum absolute atomic E-state index is 11.5. The van der Waals surface area contributed by atoms with Crippen LogP contribution in [-0.2, 0) is 4.79 Å². The van der Waals surface area contributed by atoms with E-state index in [1.165, 1.54) is 26.2 Å². The highest BCUT2D eigenvalue weighted by Gasteiger charge is 2.31. The molecule has 0 aliphatic carbocycles. The van der Waals surface area contributed by atoms with E-state index in [2.05, 4.69) is 26.9 Å². The number of piperazine rings is 4. The van der Waals surface area contributed by atoms with Gasteiger partial charge in [-0.15, -0.1) is 24.0 Å². The number of hydrogen-bond acceptors (Lipinski definition) is 4. The Kier molecular flexibility index (Phi) is 7.55. The van der Waals surface area contributed by atoms with E-state index in [0.717, 1.165) is 51.8 Å². The summed E-state index contributed by atoms with van der Waals surface area (Å²) in [5.74, 6) is 1.18. The van der Waals surface area contributed by atoms with Crippen molar-refractivity contribution in [3.63, 3.8) is 0 Å². The van der Waals surface area contributed by atoms with E-state index in [4.69, 9.17) is 4.99 Å². The van der Waals surface area contributed by atoms with Crippen molar-refractivity contribution in [1.82, 2.24) is 24.9 Å². The molecule has 0 aromatic rings. The number of rotatable bonds is 3. The smallest absolute Gasteiger partial charge is 0.219 e. The molecule has 4 aliphatic heterocycles. The first kappa shape index (κ1) is 19.7. The van der Waals surface area contributed by atoms with E-state index < -0.39 is 0 Å². The quantitative estimate of drug-likeness (QED) is 0.365. The molecule has 1 atom stereocenters. The van der Waals surface area contributed by atoms with Crippen molar-refractivity contribution in [1.29, 1.82) is 0 Å². The van der Waals surface area contributed by atoms with E-state index in [-0.39, 0.29) is 29.9 Å². The molecule has 2 bridgehead atoms. The number of amides is 1. The van der Waals surface area contributed by atoms with Gasteiger partial charge < -0.3 is 15.1 Å². The molecule has 24 heavy (non-hydrogen) atoms. The van der Waals surface area contributed by atoms with Crippen molar-refractivity contribution in [3.8, 4) is 0 Å². The zero-order valence-electron chi connectivity index (χ0n) is 14.9. The number of nitrogens with one attached hydrogen (secondary N) is 1. The fourth-order valence-corrected chi connectivity index (χ4v) is 3.75. The van der Waals surface area contributed by atoms with Gasteiger partial charge in [0.1, 0.15) is 0 Å². The van der Waals surface area contributed by atoms with Crippen molar-refractivity contribution in [3.05, 3.63) is 0 Å². The van der Waals surface area contributed by atoms with Gasteiger partial charge in [0.2, 0.25) is 5.91 Å². The van der Waals surface area contributed by atoms with Crippen LogP contribution in [0.5, 0.6) is 0 Å². The number of aliphatic imine (C=N–C) groups is 1. The molecule has 4 saturated heterocycles. The first-order valence-electron chi connectivity index (χ1n) is 8.92. The Morgan fingerprint density at radius 2 is 1.67 bits per heavy atom. The zero-order chi connectivity index (χ0) is 16.2. The minimum atomic E-state index is 0. The van der Waals surface area contributed by atoms with Crippen LogP contribution in [0.4, 0.5) is 0 Å². The van der Waals surface area contributed by atoms with Gasteiger partial charge in [-0.25, -0.2) is 0 Å². The molecule has 1 N–H and O–H groups in total. The Bertz CT molecular complexity index is 444. The molecule has 0 aromatic heterocycles. The summed E-state index contributed by atoms with van der Waals surface area (Å²) in [7, 11) is 0. The molecule has 1 unspecified atom stereocenters. The van der Waals surface area contributed by atoms with Crippen molar-refractivity contribution >= 4 is 35.8 Å². The Morgan fingerprint density at radius 3 is 2.17 bits per heavy atom. The van der Waals surface area contributed by atoms with Crippen LogP contribution in [0.2, 0.25) is 0 Å². The summed E-state index contributed by atoms with van der Waals surface area (Å²) in [6.45, 7) is 14.8. The van der Waals surface area contributed by atoms with Gasteiger partial charge in [-0.2, -0.15) is 0 Å². The normalized spacial score (nSPS) is 30.1. The second kappa shape index (κ2) is 9.19. The number of halogens is 1. The maximum atomic E-state index is 11.5. The molecule has 4 rings (SSSR count). The van der Waals surface area contributed by atoms with Crippen molar-refractivity contribution in [2.45, 2.75) is 19.9 Å². The topological polar surface area (TPSA) is 54.4 Å². The largest absolute Gasteiger partial charge is 0.357 e. The van der Waals surface area contributed by atoms with Crippen LogP contribution in [-0.4, -0.2) is 110 Å². The van der Waals surface area contributed by atoms with Gasteiger partial charge in [0.05, 0.1) is 6.54 Å². The lowest BCUT2D eigenvalue weighted by Gasteiger charge is -2.47. The van der Waals surface area contributed by atoms with Crippen LogP contribution >= 0.6 is 24.0 Å². The summed E-state index contributed by atoms with van der Waals surface area (Å²) < 4.78 is 0. The Hall–Kier alpha value is -0.610. The first-order valence-corrected chi connectivity index (χ1v) is 8.92. The predicted octanol–water partition coefficient (Wildman–Crippen LogP) is -0.266. The van der Waals surface area contributed by atoms with Crippen LogP contribution in [0.3, 0.4) is 0 Å². The molecular formula is C16H31IN6O. The standard InChI is InChI=1S/C16H30N6O.HI/c1-3-17-16(22-10-8-20(9-11-22)14(2)23)18-12-15-13-19-4-6-21(15)7-5-19;/h15H,3-13H2,1-2H3,(H,17,18);1H. The van der Waals surface area contributed by atoms with Crippen molar-refractivity contribution in [2.75, 3.05) is 72.0 Å². The molecule has 0 radical (unpaired) electrons. The molecular weight excluding hydrogens is 419 g/mol. The molecule has 0 saturated carbocycles. The number of guanidine groups is 1. The highest BCUT2D eigenvalue weighted by Crippen LogP contribution is 2.16. The summed E-state index contributed by atoms with van der Waals surface area (Å²) in [4.78, 5) is 25.7. The monoisotopic (exact) mass is 450 g/mol. The van der Waals surface area contributed by atoms with Gasteiger partial charge in [-0.05, 0) is 6.92 Å². The van der Waals surface area contributed by atoms with Crippen molar-refractivity contribution < 1.29 is 4.79 Å². The minimum Gasteiger partial charge on any atom is -0.357 e. The van der Waals surface area contributed by atoms with Gasteiger partial charge in [0.15, 0.2) is 5.96 Å². The molecule has 138 valence electrons. The van der Waals surface area contributed by atoms with Crippen molar-refractivity contribution in [2.24, 2.45) is 4.99 Å². The SMILES string of the molecule is CCNC(=NCC1CN2CCN1CC2)N1CCN(C(C)=O)CC1.I. The third-order valence-electron chi connectivity index (χ3n) is 5.20. The molecule has 0 spiro atoms. The van der Waals surface area contributed by atoms with Crippen LogP contribution in [0.25, 0.3) is 0 Å². The summed E-state index contributed by atoms with van der Waals surface area (Å²) in [5.41, 5.74) is 0. The minimum absolute atomic E-state index is 0. The third-order valence-corrected chi connectivity index (χ3v) is 5.20. The lowest BCUT2D eigenvalue weighted by molar-refractivity contribution is -0.130. The first-order chi connectivity index (χ1) is 11.2. The molecule has 1 amide bonds. The van der Waals surface area contributed by atoms with E-state index in [0.29, 0.717) is 6.04 Å². The Balaban J connectivity index is 0.00000208. The van der Waals surface area contributed by atoms with Gasteiger partial charge >= 0.3 is 0 Å². The molecule has 8 heteroatoms. The predicted molar refractivity (Wildman–Crippen MR) is 107 cm³/mol. The summed E-state index contributed by atoms with van der Waals surface area (Å²) >= 11 is 0. The Labute approximate surface area is 162 Å². The van der Waals surface area contributed by atoms with E-state index in [1.54, 1.807) is 6.92 Å². The summed E-state index contributed by atoms with van der Waals surface area (Å²) in [5, 5.41) is 3.42. The number of carbonyl (C=O) groups is 1. The van der Waals surface area contributed by atoms with E-state index in [1.807, 2.05) is 4.90 Å². The lowest BCUT2D eigenvalue weighted by Crippen LogP contribution is -2.62. The number of hydrogen-bond donors (Lipinski definition) is 1. The summed E-state index contributed by atoms with van der Waals surface area (Å²) in [6, 6.07) is 0.560. The molecule has 4 heterocycles. The number of carbonyl (C=O) groups excluding carboxylic acids is 1. The lowest BCUT2D eigenvalue weighted by atomic mass is 10.1. The number of nitrogens with zero attached hydrogens (tertiary/aromatic N) is 5. The fraction of sp³-hybridized carbons (Fsp3) is 0.875. The van der Waals surface area contributed by atoms with Gasteiger partial charge in [-0.3, -0.25) is 19.6 Å². The van der Waals surface area contributed by atoms with E-state index >= 15 is 0 Å². The van der Waals surface area contributed by atoms with Gasteiger partial charge in [0, 0.05) is 78.4 Å². The fourth-order valence-electron chi connectivity index (χ4n) is 3.75. The highest BCUT2D eigenvalue weighted by atomic mass is 127. The zero-order valence-corrected chi connectivity index (χ0v) is 17.2. The average molecular weight is 450 g/mol. The van der Waals surface area contributed by atoms with Crippen LogP contribution in [0, 0.1) is 0 Å². The molecule has 0 aromatic carbocycles. The molecule has 4 aliphatic rings. The van der Waals surface area contributed by atoms with Crippen LogP contribution in [0.15, 0.2) is 4.99 Å². The second-order valence-corrected chi connectivity index (χ2v) is 6.68. The number of fused-ring (bicyclic) bond motifs is 3. The van der Waals surface area contributed by atoms with Gasteiger partial charge in [-0.1, -0.05) is 0 Å². The third kappa shape index (κ3) is 4.72. The highest BCUT2D eigenvalue weighted by molar-refractivity contribution is 14.0. The molecule has 4 fully saturated rings. The second-order valence-electron chi connectivity index (χ2n) is 6.68. The van der Waals surface area contributed by atoms with Gasteiger partial charge in [0.25, 0.3) is 0 Å². The van der Waals surface area contributed by atoms with E-state index in [9.17, 15) is 4.79 Å².